The SMILES string of the molecule is CC(NC(=O)c1ccc(Br)s1)C(=O)N1CCCCC1CN. The predicted molar refractivity (Wildman–Crippen MR) is 87.4 cm³/mol. The lowest BCUT2D eigenvalue weighted by molar-refractivity contribution is -0.136. The number of carbonyl (C=O) groups is 2. The van der Waals surface area contributed by atoms with Crippen molar-refractivity contribution in [3.8, 4) is 0 Å². The molecule has 2 rings (SSSR count). The molecular formula is C14H20BrN3O2S. The minimum Gasteiger partial charge on any atom is -0.340 e. The minimum absolute atomic E-state index is 0.0471. The number of amides is 2. The fourth-order valence-corrected chi connectivity index (χ4v) is 3.84. The minimum atomic E-state index is -0.537. The summed E-state index contributed by atoms with van der Waals surface area (Å²) in [6.07, 6.45) is 3.05. The lowest BCUT2D eigenvalue weighted by Crippen LogP contribution is -2.54. The summed E-state index contributed by atoms with van der Waals surface area (Å²) in [7, 11) is 0. The molecule has 1 fully saturated rings. The number of rotatable bonds is 4. The van der Waals surface area contributed by atoms with E-state index in [-0.39, 0.29) is 17.9 Å². The molecule has 2 atom stereocenters. The van der Waals surface area contributed by atoms with E-state index in [1.165, 1.54) is 11.3 Å². The molecule has 0 saturated carbocycles. The Morgan fingerprint density at radius 2 is 2.29 bits per heavy atom. The van der Waals surface area contributed by atoms with E-state index in [2.05, 4.69) is 21.2 Å². The molecule has 1 aromatic heterocycles. The van der Waals surface area contributed by atoms with Crippen molar-refractivity contribution in [3.63, 3.8) is 0 Å². The molecule has 2 unspecified atom stereocenters. The second-order valence-electron chi connectivity index (χ2n) is 5.22. The summed E-state index contributed by atoms with van der Waals surface area (Å²) in [5.41, 5.74) is 5.74. The normalized spacial score (nSPS) is 20.1. The predicted octanol–water partition coefficient (Wildman–Crippen LogP) is 1.97. The van der Waals surface area contributed by atoms with Crippen molar-refractivity contribution in [1.29, 1.82) is 0 Å². The molecular weight excluding hydrogens is 354 g/mol. The van der Waals surface area contributed by atoms with E-state index in [1.54, 1.807) is 13.0 Å². The van der Waals surface area contributed by atoms with Gasteiger partial charge in [0.2, 0.25) is 5.91 Å². The van der Waals surface area contributed by atoms with Gasteiger partial charge >= 0.3 is 0 Å². The summed E-state index contributed by atoms with van der Waals surface area (Å²) < 4.78 is 0.894. The summed E-state index contributed by atoms with van der Waals surface area (Å²) in [6, 6.07) is 3.12. The van der Waals surface area contributed by atoms with Gasteiger partial charge in [0.05, 0.1) is 8.66 Å². The molecule has 0 radical (unpaired) electrons. The monoisotopic (exact) mass is 373 g/mol. The number of piperidine rings is 1. The lowest BCUT2D eigenvalue weighted by atomic mass is 10.0. The molecule has 1 aliphatic heterocycles. The molecule has 1 aliphatic rings. The zero-order chi connectivity index (χ0) is 15.4. The van der Waals surface area contributed by atoms with Gasteiger partial charge in [0, 0.05) is 19.1 Å². The van der Waals surface area contributed by atoms with Crippen molar-refractivity contribution in [2.24, 2.45) is 5.73 Å². The van der Waals surface area contributed by atoms with Gasteiger partial charge in [-0.25, -0.2) is 0 Å². The first kappa shape index (κ1) is 16.5. The molecule has 116 valence electrons. The smallest absolute Gasteiger partial charge is 0.262 e. The van der Waals surface area contributed by atoms with Crippen LogP contribution in [0.3, 0.4) is 0 Å². The zero-order valence-electron chi connectivity index (χ0n) is 12.0. The molecule has 1 aromatic rings. The van der Waals surface area contributed by atoms with Crippen LogP contribution in [0.1, 0.15) is 35.9 Å². The highest BCUT2D eigenvalue weighted by atomic mass is 79.9. The summed E-state index contributed by atoms with van der Waals surface area (Å²) in [6.45, 7) is 2.93. The first-order valence-electron chi connectivity index (χ1n) is 7.09. The lowest BCUT2D eigenvalue weighted by Gasteiger charge is -2.36. The first-order valence-corrected chi connectivity index (χ1v) is 8.70. The summed E-state index contributed by atoms with van der Waals surface area (Å²) >= 11 is 4.67. The number of nitrogens with one attached hydrogen (secondary N) is 1. The van der Waals surface area contributed by atoms with Crippen LogP contribution in [0.2, 0.25) is 0 Å². The van der Waals surface area contributed by atoms with Crippen LogP contribution in [0.15, 0.2) is 15.9 Å². The van der Waals surface area contributed by atoms with Gasteiger partial charge in [0.15, 0.2) is 0 Å². The van der Waals surface area contributed by atoms with Gasteiger partial charge in [0.25, 0.3) is 5.91 Å². The van der Waals surface area contributed by atoms with Gasteiger partial charge in [-0.15, -0.1) is 11.3 Å². The maximum Gasteiger partial charge on any atom is 0.262 e. The number of carbonyl (C=O) groups excluding carboxylic acids is 2. The van der Waals surface area contributed by atoms with Crippen LogP contribution in [0.5, 0.6) is 0 Å². The molecule has 0 aromatic carbocycles. The Balaban J connectivity index is 1.97. The van der Waals surface area contributed by atoms with Crippen LogP contribution in [0, 0.1) is 0 Å². The van der Waals surface area contributed by atoms with Crippen molar-refractivity contribution < 1.29 is 9.59 Å². The van der Waals surface area contributed by atoms with Crippen LogP contribution < -0.4 is 11.1 Å². The zero-order valence-corrected chi connectivity index (χ0v) is 14.4. The van der Waals surface area contributed by atoms with Crippen LogP contribution >= 0.6 is 27.3 Å². The number of hydrogen-bond acceptors (Lipinski definition) is 4. The Morgan fingerprint density at radius 1 is 1.52 bits per heavy atom. The van der Waals surface area contributed by atoms with Crippen molar-refractivity contribution in [2.75, 3.05) is 13.1 Å². The van der Waals surface area contributed by atoms with Crippen LogP contribution in [0.25, 0.3) is 0 Å². The molecule has 2 heterocycles. The Bertz CT molecular complexity index is 520. The van der Waals surface area contributed by atoms with E-state index < -0.39 is 6.04 Å². The van der Waals surface area contributed by atoms with Crippen LogP contribution in [-0.4, -0.2) is 41.9 Å². The highest BCUT2D eigenvalue weighted by Gasteiger charge is 2.29. The third-order valence-corrected chi connectivity index (χ3v) is 5.32. The number of nitrogens with two attached hydrogens (primary N) is 1. The van der Waals surface area contributed by atoms with E-state index in [0.29, 0.717) is 11.4 Å². The molecule has 21 heavy (non-hydrogen) atoms. The molecule has 0 spiro atoms. The fourth-order valence-electron chi connectivity index (χ4n) is 2.55. The Labute approximate surface area is 137 Å². The molecule has 7 heteroatoms. The van der Waals surface area contributed by atoms with E-state index >= 15 is 0 Å². The Hall–Kier alpha value is -0.920. The van der Waals surface area contributed by atoms with E-state index in [0.717, 1.165) is 29.6 Å². The van der Waals surface area contributed by atoms with Crippen molar-refractivity contribution >= 4 is 39.1 Å². The molecule has 5 nitrogen and oxygen atoms in total. The topological polar surface area (TPSA) is 75.4 Å². The number of nitrogens with zero attached hydrogens (tertiary/aromatic N) is 1. The Morgan fingerprint density at radius 3 is 2.90 bits per heavy atom. The van der Waals surface area contributed by atoms with Crippen LogP contribution in [-0.2, 0) is 4.79 Å². The van der Waals surface area contributed by atoms with Gasteiger partial charge in [-0.1, -0.05) is 0 Å². The third-order valence-electron chi connectivity index (χ3n) is 3.70. The van der Waals surface area contributed by atoms with E-state index in [9.17, 15) is 9.59 Å². The molecule has 2 amide bonds. The van der Waals surface area contributed by atoms with Gasteiger partial charge in [-0.3, -0.25) is 9.59 Å². The van der Waals surface area contributed by atoms with Gasteiger partial charge in [-0.05, 0) is 54.2 Å². The maximum atomic E-state index is 12.5. The van der Waals surface area contributed by atoms with E-state index in [4.69, 9.17) is 5.73 Å². The summed E-state index contributed by atoms with van der Waals surface area (Å²) in [5, 5.41) is 2.77. The molecule has 0 aliphatic carbocycles. The quantitative estimate of drug-likeness (QED) is 0.846. The van der Waals surface area contributed by atoms with Crippen molar-refractivity contribution in [3.05, 3.63) is 20.8 Å². The highest BCUT2D eigenvalue weighted by Crippen LogP contribution is 2.22. The second kappa shape index (κ2) is 7.38. The maximum absolute atomic E-state index is 12.5. The standard InChI is InChI=1S/C14H20BrN3O2S/c1-9(17-13(19)11-5-6-12(15)21-11)14(20)18-7-3-2-4-10(18)8-16/h5-6,9-10H,2-4,7-8,16H2,1H3,(H,17,19). The van der Waals surface area contributed by atoms with Gasteiger partial charge < -0.3 is 16.0 Å². The second-order valence-corrected chi connectivity index (χ2v) is 7.68. The van der Waals surface area contributed by atoms with Crippen LogP contribution in [0.4, 0.5) is 0 Å². The number of hydrogen-bond donors (Lipinski definition) is 2. The van der Waals surface area contributed by atoms with E-state index in [1.807, 2.05) is 11.0 Å². The average Bonchev–Trinajstić information content (AvgIpc) is 2.93. The number of thiophene rings is 1. The number of halogens is 1. The van der Waals surface area contributed by atoms with Gasteiger partial charge in [0.1, 0.15) is 6.04 Å². The number of likely N-dealkylation sites (tertiary alicyclic amines) is 1. The third kappa shape index (κ3) is 4.05. The average molecular weight is 374 g/mol. The van der Waals surface area contributed by atoms with Crippen molar-refractivity contribution in [2.45, 2.75) is 38.3 Å². The fraction of sp³-hybridized carbons (Fsp3) is 0.571. The van der Waals surface area contributed by atoms with Crippen molar-refractivity contribution in [1.82, 2.24) is 10.2 Å². The molecule has 0 bridgehead atoms. The Kier molecular flexibility index (Phi) is 5.78. The van der Waals surface area contributed by atoms with Gasteiger partial charge in [-0.2, -0.15) is 0 Å². The summed E-state index contributed by atoms with van der Waals surface area (Å²) in [5.74, 6) is -0.262. The molecule has 1 saturated heterocycles. The first-order chi connectivity index (χ1) is 10.0. The largest absolute Gasteiger partial charge is 0.340 e. The highest BCUT2D eigenvalue weighted by molar-refractivity contribution is 9.11. The molecule has 3 N–H and O–H groups in total. The summed E-state index contributed by atoms with van der Waals surface area (Å²) in [4.78, 5) is 27.0.